The fraction of sp³-hybridized carbons (Fsp3) is 0.333. The van der Waals surface area contributed by atoms with Gasteiger partial charge in [0.05, 0.1) is 14.2 Å². The van der Waals surface area contributed by atoms with Crippen LogP contribution in [0.25, 0.3) is 0 Å². The van der Waals surface area contributed by atoms with Crippen molar-refractivity contribution in [2.75, 3.05) is 20.8 Å². The lowest BCUT2D eigenvalue weighted by Crippen LogP contribution is -2.43. The lowest BCUT2D eigenvalue weighted by atomic mass is 10.0. The second-order valence-corrected chi connectivity index (χ2v) is 7.14. The van der Waals surface area contributed by atoms with Gasteiger partial charge in [0.2, 0.25) is 0 Å². The Morgan fingerprint density at radius 3 is 2.52 bits per heavy atom. The Morgan fingerprint density at radius 1 is 1.03 bits per heavy atom. The van der Waals surface area contributed by atoms with E-state index in [0.29, 0.717) is 28.6 Å². The molecule has 0 spiro atoms. The normalized spacial score (nSPS) is 13.7. The van der Waals surface area contributed by atoms with E-state index in [0.717, 1.165) is 12.0 Å². The Labute approximate surface area is 169 Å². The van der Waals surface area contributed by atoms with Crippen molar-refractivity contribution in [2.24, 2.45) is 0 Å². The second kappa shape index (κ2) is 8.30. The molecule has 0 atom stereocenters. The first-order valence-electron chi connectivity index (χ1n) is 9.08. The highest BCUT2D eigenvalue weighted by Crippen LogP contribution is 2.41. The van der Waals surface area contributed by atoms with Gasteiger partial charge in [0.15, 0.2) is 29.6 Å². The molecule has 0 saturated heterocycles. The maximum atomic E-state index is 12.2. The molecular formula is C21H24N2O6. The van der Waals surface area contributed by atoms with Gasteiger partial charge in [-0.2, -0.15) is 0 Å². The molecule has 2 aromatic carbocycles. The number of hydrogen-bond donors (Lipinski definition) is 2. The molecule has 1 aliphatic heterocycles. The summed E-state index contributed by atoms with van der Waals surface area (Å²) in [6, 6.07) is 10.3. The van der Waals surface area contributed by atoms with Crippen LogP contribution >= 0.6 is 0 Å². The number of hydrogen-bond acceptors (Lipinski definition) is 6. The van der Waals surface area contributed by atoms with Gasteiger partial charge >= 0.3 is 0 Å². The standard InChI is InChI=1S/C21H24N2O6/c1-21(2)11-14-6-5-7-16(19(14)29-21)28-12-18(24)22-23-20(25)13-8-9-15(26-3)17(10-13)27-4/h5-10H,11-12H2,1-4H3,(H,22,24)(H,23,25). The summed E-state index contributed by atoms with van der Waals surface area (Å²) in [7, 11) is 2.98. The summed E-state index contributed by atoms with van der Waals surface area (Å²) in [6.45, 7) is 3.72. The molecule has 8 nitrogen and oxygen atoms in total. The Balaban J connectivity index is 1.54. The van der Waals surface area contributed by atoms with Crippen LogP contribution in [0.1, 0.15) is 29.8 Å². The highest BCUT2D eigenvalue weighted by atomic mass is 16.5. The van der Waals surface area contributed by atoms with Crippen molar-refractivity contribution in [3.8, 4) is 23.0 Å². The molecule has 0 aliphatic carbocycles. The van der Waals surface area contributed by atoms with Crippen LogP contribution in [0.4, 0.5) is 0 Å². The van der Waals surface area contributed by atoms with Crippen molar-refractivity contribution in [3.05, 3.63) is 47.5 Å². The van der Waals surface area contributed by atoms with E-state index in [2.05, 4.69) is 10.9 Å². The molecule has 0 bridgehead atoms. The van der Waals surface area contributed by atoms with E-state index in [-0.39, 0.29) is 12.2 Å². The Kier molecular flexibility index (Phi) is 5.81. The van der Waals surface area contributed by atoms with E-state index in [1.54, 1.807) is 18.2 Å². The topological polar surface area (TPSA) is 95.1 Å². The molecule has 3 rings (SSSR count). The summed E-state index contributed by atoms with van der Waals surface area (Å²) >= 11 is 0. The summed E-state index contributed by atoms with van der Waals surface area (Å²) < 4.78 is 21.8. The Morgan fingerprint density at radius 2 is 1.79 bits per heavy atom. The van der Waals surface area contributed by atoms with E-state index >= 15 is 0 Å². The highest BCUT2D eigenvalue weighted by molar-refractivity contribution is 5.96. The first-order valence-corrected chi connectivity index (χ1v) is 9.08. The Hall–Kier alpha value is -3.42. The van der Waals surface area contributed by atoms with E-state index in [1.165, 1.54) is 20.3 Å². The second-order valence-electron chi connectivity index (χ2n) is 7.14. The van der Waals surface area contributed by atoms with Crippen molar-refractivity contribution in [1.29, 1.82) is 0 Å². The van der Waals surface area contributed by atoms with Gasteiger partial charge in [-0.1, -0.05) is 12.1 Å². The third-order valence-electron chi connectivity index (χ3n) is 4.37. The minimum atomic E-state index is -0.506. The summed E-state index contributed by atoms with van der Waals surface area (Å²) in [6.07, 6.45) is 0.771. The molecule has 2 N–H and O–H groups in total. The number of methoxy groups -OCH3 is 2. The molecule has 0 fully saturated rings. The molecule has 0 aromatic heterocycles. The zero-order valence-corrected chi connectivity index (χ0v) is 16.8. The predicted molar refractivity (Wildman–Crippen MR) is 106 cm³/mol. The Bertz CT molecular complexity index is 925. The van der Waals surface area contributed by atoms with Gasteiger partial charge in [0, 0.05) is 17.5 Å². The predicted octanol–water partition coefficient (Wildman–Crippen LogP) is 2.26. The molecule has 29 heavy (non-hydrogen) atoms. The first-order chi connectivity index (χ1) is 13.8. The average Bonchev–Trinajstić information content (AvgIpc) is 3.04. The maximum absolute atomic E-state index is 12.2. The largest absolute Gasteiger partial charge is 0.493 e. The van der Waals surface area contributed by atoms with Crippen LogP contribution in [0.2, 0.25) is 0 Å². The van der Waals surface area contributed by atoms with E-state index in [1.807, 2.05) is 26.0 Å². The van der Waals surface area contributed by atoms with Gasteiger partial charge < -0.3 is 18.9 Å². The highest BCUT2D eigenvalue weighted by Gasteiger charge is 2.32. The summed E-state index contributed by atoms with van der Waals surface area (Å²) in [5.74, 6) is 1.06. The fourth-order valence-corrected chi connectivity index (χ4v) is 3.06. The zero-order chi connectivity index (χ0) is 21.0. The number of fused-ring (bicyclic) bond motifs is 1. The van der Waals surface area contributed by atoms with Crippen LogP contribution in [0.3, 0.4) is 0 Å². The number of amides is 2. The van der Waals surface area contributed by atoms with E-state index in [4.69, 9.17) is 18.9 Å². The number of nitrogens with one attached hydrogen (secondary N) is 2. The van der Waals surface area contributed by atoms with Crippen LogP contribution in [0.5, 0.6) is 23.0 Å². The van der Waals surface area contributed by atoms with Crippen molar-refractivity contribution >= 4 is 11.8 Å². The van der Waals surface area contributed by atoms with Gasteiger partial charge in [-0.25, -0.2) is 0 Å². The lowest BCUT2D eigenvalue weighted by molar-refractivity contribution is -0.123. The van der Waals surface area contributed by atoms with Crippen LogP contribution < -0.4 is 29.8 Å². The van der Waals surface area contributed by atoms with Crippen molar-refractivity contribution in [3.63, 3.8) is 0 Å². The molecule has 1 heterocycles. The average molecular weight is 400 g/mol. The van der Waals surface area contributed by atoms with Gasteiger partial charge in [0.1, 0.15) is 5.60 Å². The van der Waals surface area contributed by atoms with Gasteiger partial charge in [-0.3, -0.25) is 20.4 Å². The number of para-hydroxylation sites is 1. The monoisotopic (exact) mass is 400 g/mol. The van der Waals surface area contributed by atoms with Gasteiger partial charge in [-0.15, -0.1) is 0 Å². The summed E-state index contributed by atoms with van der Waals surface area (Å²) in [4.78, 5) is 24.3. The van der Waals surface area contributed by atoms with E-state index < -0.39 is 11.8 Å². The minimum absolute atomic E-state index is 0.271. The third kappa shape index (κ3) is 4.71. The van der Waals surface area contributed by atoms with Crippen LogP contribution in [0.15, 0.2) is 36.4 Å². The molecule has 154 valence electrons. The number of rotatable bonds is 6. The van der Waals surface area contributed by atoms with Crippen LogP contribution in [-0.2, 0) is 11.2 Å². The SMILES string of the molecule is COc1ccc(C(=O)NNC(=O)COc2cccc3c2OC(C)(C)C3)cc1OC. The molecule has 2 amide bonds. The number of hydrazine groups is 1. The smallest absolute Gasteiger partial charge is 0.276 e. The van der Waals surface area contributed by atoms with Crippen molar-refractivity contribution in [1.82, 2.24) is 10.9 Å². The fourth-order valence-electron chi connectivity index (χ4n) is 3.06. The molecule has 0 unspecified atom stereocenters. The van der Waals surface area contributed by atoms with Crippen molar-refractivity contribution in [2.45, 2.75) is 25.9 Å². The maximum Gasteiger partial charge on any atom is 0.276 e. The number of benzene rings is 2. The molecular weight excluding hydrogens is 376 g/mol. The number of carbonyl (C=O) groups is 2. The van der Waals surface area contributed by atoms with Crippen molar-refractivity contribution < 1.29 is 28.5 Å². The summed E-state index contributed by atoms with van der Waals surface area (Å²) in [5.41, 5.74) is 5.70. The van der Waals surface area contributed by atoms with Crippen LogP contribution in [0, 0.1) is 0 Å². The molecule has 8 heteroatoms. The van der Waals surface area contributed by atoms with Crippen LogP contribution in [-0.4, -0.2) is 38.2 Å². The molecule has 2 aromatic rings. The van der Waals surface area contributed by atoms with E-state index in [9.17, 15) is 9.59 Å². The molecule has 0 saturated carbocycles. The number of ether oxygens (including phenoxy) is 4. The lowest BCUT2D eigenvalue weighted by Gasteiger charge is -2.18. The molecule has 1 aliphatic rings. The zero-order valence-electron chi connectivity index (χ0n) is 16.8. The first kappa shape index (κ1) is 20.3. The third-order valence-corrected chi connectivity index (χ3v) is 4.37. The van der Waals surface area contributed by atoms with Gasteiger partial charge in [-0.05, 0) is 38.1 Å². The minimum Gasteiger partial charge on any atom is -0.493 e. The summed E-state index contributed by atoms with van der Waals surface area (Å²) in [5, 5.41) is 0. The van der Waals surface area contributed by atoms with Gasteiger partial charge in [0.25, 0.3) is 11.8 Å². The molecule has 0 radical (unpaired) electrons. The quantitative estimate of drug-likeness (QED) is 0.723. The number of carbonyl (C=O) groups excluding carboxylic acids is 2.